The van der Waals surface area contributed by atoms with Crippen molar-refractivity contribution in [1.82, 2.24) is 10.2 Å². The molecule has 0 saturated carbocycles. The lowest BCUT2D eigenvalue weighted by Gasteiger charge is -2.31. The van der Waals surface area contributed by atoms with Crippen LogP contribution < -0.4 is 15.4 Å². The number of aryl methyl sites for hydroxylation is 1. The summed E-state index contributed by atoms with van der Waals surface area (Å²) in [5.74, 6) is 0.929. The molecule has 3 heterocycles. The van der Waals surface area contributed by atoms with Crippen LogP contribution in [0.4, 0.5) is 5.69 Å². The van der Waals surface area contributed by atoms with E-state index in [0.29, 0.717) is 13.0 Å². The second-order valence-corrected chi connectivity index (χ2v) is 7.15. The van der Waals surface area contributed by atoms with Crippen LogP contribution in [-0.4, -0.2) is 49.9 Å². The average molecular weight is 354 g/mol. The third-order valence-corrected chi connectivity index (χ3v) is 5.25. The Labute approximate surface area is 154 Å². The molecule has 0 unspecified atom stereocenters. The van der Waals surface area contributed by atoms with Gasteiger partial charge in [0.25, 0.3) is 0 Å². The summed E-state index contributed by atoms with van der Waals surface area (Å²) in [4.78, 5) is 18.3. The predicted molar refractivity (Wildman–Crippen MR) is 103 cm³/mol. The van der Waals surface area contributed by atoms with Crippen molar-refractivity contribution in [2.75, 3.05) is 38.1 Å². The van der Waals surface area contributed by atoms with E-state index in [-0.39, 0.29) is 5.91 Å². The van der Waals surface area contributed by atoms with Crippen molar-refractivity contribution in [3.8, 4) is 5.75 Å². The van der Waals surface area contributed by atoms with Gasteiger partial charge in [-0.2, -0.15) is 0 Å². The molecule has 0 radical (unpaired) electrons. The molecular formula is C20H26N4O2. The van der Waals surface area contributed by atoms with Gasteiger partial charge in [-0.15, -0.1) is 0 Å². The van der Waals surface area contributed by atoms with Gasteiger partial charge in [0.15, 0.2) is 0 Å². The van der Waals surface area contributed by atoms with Crippen LogP contribution in [0.15, 0.2) is 34.5 Å². The van der Waals surface area contributed by atoms with Gasteiger partial charge in [0.1, 0.15) is 5.75 Å². The molecule has 26 heavy (non-hydrogen) atoms. The van der Waals surface area contributed by atoms with Gasteiger partial charge in [-0.3, -0.25) is 14.7 Å². The van der Waals surface area contributed by atoms with Crippen LogP contribution in [0.25, 0.3) is 0 Å². The third kappa shape index (κ3) is 4.07. The lowest BCUT2D eigenvalue weighted by Crippen LogP contribution is -2.37. The SMILES string of the molecule is O=C1CCc2ccc(OCCCCN3CCC4=C(CN=CN4)C3)cc2N1. The first-order valence-corrected chi connectivity index (χ1v) is 9.51. The number of ether oxygens (including phenoxy) is 1. The molecule has 1 amide bonds. The van der Waals surface area contributed by atoms with Crippen LogP contribution in [-0.2, 0) is 11.2 Å². The maximum absolute atomic E-state index is 11.5. The molecule has 3 aliphatic rings. The van der Waals surface area contributed by atoms with E-state index in [0.717, 1.165) is 63.3 Å². The number of amides is 1. The number of rotatable bonds is 6. The molecule has 138 valence electrons. The highest BCUT2D eigenvalue weighted by Crippen LogP contribution is 2.27. The van der Waals surface area contributed by atoms with E-state index in [1.54, 1.807) is 0 Å². The average Bonchev–Trinajstić information content (AvgIpc) is 2.67. The quantitative estimate of drug-likeness (QED) is 0.770. The van der Waals surface area contributed by atoms with Crippen molar-refractivity contribution in [3.63, 3.8) is 0 Å². The normalized spacial score (nSPS) is 19.5. The number of hydrogen-bond acceptors (Lipinski definition) is 5. The molecule has 0 aliphatic carbocycles. The lowest BCUT2D eigenvalue weighted by atomic mass is 10.0. The molecule has 0 bridgehead atoms. The summed E-state index contributed by atoms with van der Waals surface area (Å²) in [5, 5.41) is 6.20. The number of hydrogen-bond donors (Lipinski definition) is 2. The fourth-order valence-corrected chi connectivity index (χ4v) is 3.75. The summed E-state index contributed by atoms with van der Waals surface area (Å²) in [6, 6.07) is 6.01. The van der Waals surface area contributed by atoms with E-state index in [2.05, 4.69) is 26.6 Å². The molecule has 0 aromatic heterocycles. The maximum atomic E-state index is 11.5. The molecule has 0 saturated heterocycles. The van der Waals surface area contributed by atoms with Crippen molar-refractivity contribution in [2.45, 2.75) is 32.1 Å². The number of anilines is 1. The van der Waals surface area contributed by atoms with Crippen molar-refractivity contribution >= 4 is 17.9 Å². The van der Waals surface area contributed by atoms with Crippen LogP contribution in [0, 0.1) is 0 Å². The second-order valence-electron chi connectivity index (χ2n) is 7.15. The third-order valence-electron chi connectivity index (χ3n) is 5.25. The van der Waals surface area contributed by atoms with Crippen molar-refractivity contribution in [3.05, 3.63) is 35.0 Å². The van der Waals surface area contributed by atoms with Crippen LogP contribution in [0.3, 0.4) is 0 Å². The predicted octanol–water partition coefficient (Wildman–Crippen LogP) is 2.32. The number of nitrogens with one attached hydrogen (secondary N) is 2. The van der Waals surface area contributed by atoms with Crippen LogP contribution in [0.1, 0.15) is 31.2 Å². The minimum atomic E-state index is 0.0910. The molecule has 1 aromatic rings. The number of fused-ring (bicyclic) bond motifs is 1. The summed E-state index contributed by atoms with van der Waals surface area (Å²) >= 11 is 0. The Hall–Kier alpha value is -2.34. The number of benzene rings is 1. The number of aliphatic imine (C=N–C) groups is 1. The molecule has 6 heteroatoms. The van der Waals surface area contributed by atoms with Crippen LogP contribution in [0.5, 0.6) is 5.75 Å². The minimum Gasteiger partial charge on any atom is -0.494 e. The van der Waals surface area contributed by atoms with E-state index in [4.69, 9.17) is 4.74 Å². The van der Waals surface area contributed by atoms with Gasteiger partial charge in [0.05, 0.1) is 19.5 Å². The highest BCUT2D eigenvalue weighted by Gasteiger charge is 2.19. The Morgan fingerprint density at radius 1 is 1.19 bits per heavy atom. The van der Waals surface area contributed by atoms with Gasteiger partial charge in [-0.25, -0.2) is 0 Å². The Morgan fingerprint density at radius 2 is 2.15 bits per heavy atom. The minimum absolute atomic E-state index is 0.0910. The zero-order chi connectivity index (χ0) is 17.8. The number of carbonyl (C=O) groups excluding carboxylic acids is 1. The van der Waals surface area contributed by atoms with E-state index in [1.165, 1.54) is 16.8 Å². The smallest absolute Gasteiger partial charge is 0.224 e. The van der Waals surface area contributed by atoms with Crippen LogP contribution in [0.2, 0.25) is 0 Å². The van der Waals surface area contributed by atoms with Gasteiger partial charge in [0.2, 0.25) is 5.91 Å². The van der Waals surface area contributed by atoms with Gasteiger partial charge in [0, 0.05) is 43.4 Å². The van der Waals surface area contributed by atoms with Gasteiger partial charge in [-0.05, 0) is 43.0 Å². The molecule has 0 atom stereocenters. The number of unbranched alkanes of at least 4 members (excludes halogenated alkanes) is 1. The van der Waals surface area contributed by atoms with E-state index in [9.17, 15) is 4.79 Å². The highest BCUT2D eigenvalue weighted by molar-refractivity contribution is 5.94. The maximum Gasteiger partial charge on any atom is 0.224 e. The molecule has 6 nitrogen and oxygen atoms in total. The van der Waals surface area contributed by atoms with Gasteiger partial charge < -0.3 is 15.4 Å². The number of nitrogens with zero attached hydrogens (tertiary/aromatic N) is 2. The summed E-state index contributed by atoms with van der Waals surface area (Å²) < 4.78 is 5.87. The number of carbonyl (C=O) groups is 1. The van der Waals surface area contributed by atoms with Crippen LogP contribution >= 0.6 is 0 Å². The zero-order valence-electron chi connectivity index (χ0n) is 15.1. The summed E-state index contributed by atoms with van der Waals surface area (Å²) in [5.41, 5.74) is 4.90. The molecule has 2 N–H and O–H groups in total. The highest BCUT2D eigenvalue weighted by atomic mass is 16.5. The topological polar surface area (TPSA) is 66.0 Å². The fourth-order valence-electron chi connectivity index (χ4n) is 3.75. The lowest BCUT2D eigenvalue weighted by molar-refractivity contribution is -0.116. The van der Waals surface area contributed by atoms with Crippen molar-refractivity contribution < 1.29 is 9.53 Å². The largest absolute Gasteiger partial charge is 0.494 e. The molecule has 3 aliphatic heterocycles. The Morgan fingerprint density at radius 3 is 3.12 bits per heavy atom. The van der Waals surface area contributed by atoms with Gasteiger partial charge in [-0.1, -0.05) is 6.07 Å². The summed E-state index contributed by atoms with van der Waals surface area (Å²) in [6.45, 7) is 4.80. The first-order chi connectivity index (χ1) is 12.8. The Bertz CT molecular complexity index is 741. The Kier molecular flexibility index (Phi) is 5.20. The fraction of sp³-hybridized carbons (Fsp3) is 0.500. The second kappa shape index (κ2) is 7.91. The monoisotopic (exact) mass is 354 g/mol. The Balaban J connectivity index is 1.18. The first-order valence-electron chi connectivity index (χ1n) is 9.51. The zero-order valence-corrected chi connectivity index (χ0v) is 15.1. The van der Waals surface area contributed by atoms with E-state index < -0.39 is 0 Å². The molecule has 0 fully saturated rings. The van der Waals surface area contributed by atoms with E-state index in [1.807, 2.05) is 18.5 Å². The van der Waals surface area contributed by atoms with Gasteiger partial charge >= 0.3 is 0 Å². The molecule has 4 rings (SSSR count). The van der Waals surface area contributed by atoms with Crippen molar-refractivity contribution in [2.24, 2.45) is 4.99 Å². The standard InChI is InChI=1S/C20H26N4O2/c25-20-6-4-15-3-5-17(11-19(15)23-20)26-10-2-1-8-24-9-7-18-16(13-24)12-21-14-22-18/h3,5,11,14H,1-2,4,6-10,12-13H2,(H,21,22)(H,23,25). The van der Waals surface area contributed by atoms with E-state index >= 15 is 0 Å². The van der Waals surface area contributed by atoms with Crippen molar-refractivity contribution in [1.29, 1.82) is 0 Å². The summed E-state index contributed by atoms with van der Waals surface area (Å²) in [7, 11) is 0. The first kappa shape index (κ1) is 17.1. The molecular weight excluding hydrogens is 328 g/mol. The summed E-state index contributed by atoms with van der Waals surface area (Å²) in [6.07, 6.45) is 6.46. The molecule has 0 spiro atoms. The molecule has 1 aromatic carbocycles.